The van der Waals surface area contributed by atoms with Gasteiger partial charge in [-0.15, -0.1) is 0 Å². The van der Waals surface area contributed by atoms with E-state index in [1.54, 1.807) is 0 Å². The number of hydrogen-bond donors (Lipinski definition) is 3. The fourth-order valence-electron chi connectivity index (χ4n) is 1.62. The molecule has 0 aliphatic heterocycles. The van der Waals surface area contributed by atoms with Crippen molar-refractivity contribution in [1.82, 2.24) is 10.6 Å². The molecule has 0 aromatic heterocycles. The lowest BCUT2D eigenvalue weighted by Gasteiger charge is -2.24. The number of aliphatic imine (C=N–C) groups is 1. The van der Waals surface area contributed by atoms with Gasteiger partial charge in [-0.1, -0.05) is 13.3 Å². The Kier molecular flexibility index (Phi) is 6.43. The Balaban J connectivity index is 1.95. The van der Waals surface area contributed by atoms with E-state index in [2.05, 4.69) is 22.5 Å². The highest BCUT2D eigenvalue weighted by molar-refractivity contribution is 5.79. The van der Waals surface area contributed by atoms with Gasteiger partial charge in [0.15, 0.2) is 5.96 Å². The maximum absolute atomic E-state index is 11.5. The van der Waals surface area contributed by atoms with Crippen LogP contribution in [0.4, 0.5) is 0 Å². The van der Waals surface area contributed by atoms with E-state index >= 15 is 0 Å². The predicted molar refractivity (Wildman–Crippen MR) is 69.8 cm³/mol. The molecular weight excluding hydrogens is 216 g/mol. The summed E-state index contributed by atoms with van der Waals surface area (Å²) >= 11 is 0. The number of nitrogens with one attached hydrogen (secondary N) is 2. The lowest BCUT2D eigenvalue weighted by atomic mass is 9.85. The monoisotopic (exact) mass is 240 g/mol. The molecule has 0 atom stereocenters. The van der Waals surface area contributed by atoms with Gasteiger partial charge in [-0.3, -0.25) is 9.79 Å². The van der Waals surface area contributed by atoms with E-state index in [0.29, 0.717) is 12.5 Å². The largest absolute Gasteiger partial charge is 0.370 e. The topological polar surface area (TPSA) is 79.5 Å². The van der Waals surface area contributed by atoms with Gasteiger partial charge in [0, 0.05) is 25.6 Å². The van der Waals surface area contributed by atoms with Crippen LogP contribution in [0.25, 0.3) is 0 Å². The molecule has 1 fully saturated rings. The number of amides is 1. The van der Waals surface area contributed by atoms with E-state index in [1.165, 1.54) is 6.42 Å². The van der Waals surface area contributed by atoms with Crippen LogP contribution in [0, 0.1) is 5.92 Å². The fourth-order valence-corrected chi connectivity index (χ4v) is 1.62. The number of nitrogens with zero attached hydrogens (tertiary/aromatic N) is 1. The van der Waals surface area contributed by atoms with Crippen LogP contribution in [0.3, 0.4) is 0 Å². The number of carbonyl (C=O) groups excluding carboxylic acids is 1. The quantitative estimate of drug-likeness (QED) is 0.346. The standard InChI is InChI=1S/C12H24N4O/c1-2-7-15-12(13)16-9-4-8-14-11(17)10-5-3-6-10/h10H,2-9H2,1H3,(H,14,17)(H3,13,15,16). The summed E-state index contributed by atoms with van der Waals surface area (Å²) in [5.41, 5.74) is 5.63. The van der Waals surface area contributed by atoms with Crippen molar-refractivity contribution in [2.75, 3.05) is 19.6 Å². The summed E-state index contributed by atoms with van der Waals surface area (Å²) in [6.07, 6.45) is 5.19. The Hall–Kier alpha value is -1.26. The van der Waals surface area contributed by atoms with Gasteiger partial charge >= 0.3 is 0 Å². The SMILES string of the molecule is CCCN=C(N)NCCCNC(=O)C1CCC1. The average Bonchev–Trinajstić information content (AvgIpc) is 2.23. The first-order chi connectivity index (χ1) is 8.24. The van der Waals surface area contributed by atoms with Crippen LogP contribution >= 0.6 is 0 Å². The summed E-state index contributed by atoms with van der Waals surface area (Å²) in [6, 6.07) is 0. The Labute approximate surface area is 103 Å². The van der Waals surface area contributed by atoms with E-state index in [9.17, 15) is 4.79 Å². The van der Waals surface area contributed by atoms with Crippen molar-refractivity contribution < 1.29 is 4.79 Å². The van der Waals surface area contributed by atoms with Crippen LogP contribution in [0.1, 0.15) is 39.0 Å². The van der Waals surface area contributed by atoms with Crippen molar-refractivity contribution in [3.8, 4) is 0 Å². The first kappa shape index (κ1) is 13.8. The number of nitrogens with two attached hydrogens (primary N) is 1. The van der Waals surface area contributed by atoms with Crippen LogP contribution in [0.5, 0.6) is 0 Å². The highest BCUT2D eigenvalue weighted by Crippen LogP contribution is 2.25. The third-order valence-electron chi connectivity index (χ3n) is 2.94. The molecule has 0 spiro atoms. The normalized spacial score (nSPS) is 16.4. The van der Waals surface area contributed by atoms with Crippen LogP contribution in [-0.4, -0.2) is 31.5 Å². The highest BCUT2D eigenvalue weighted by atomic mass is 16.1. The molecule has 98 valence electrons. The zero-order chi connectivity index (χ0) is 12.5. The number of carbonyl (C=O) groups is 1. The molecule has 0 bridgehead atoms. The van der Waals surface area contributed by atoms with Crippen molar-refractivity contribution in [2.24, 2.45) is 16.6 Å². The molecule has 1 rings (SSSR count). The summed E-state index contributed by atoms with van der Waals surface area (Å²) in [4.78, 5) is 15.6. The molecule has 5 heteroatoms. The van der Waals surface area contributed by atoms with Crippen LogP contribution in [-0.2, 0) is 4.79 Å². The van der Waals surface area contributed by atoms with Crippen molar-refractivity contribution in [3.05, 3.63) is 0 Å². The summed E-state index contributed by atoms with van der Waals surface area (Å²) < 4.78 is 0. The molecule has 0 aromatic carbocycles. The van der Waals surface area contributed by atoms with Gasteiger partial charge in [-0.2, -0.15) is 0 Å². The van der Waals surface area contributed by atoms with Crippen LogP contribution in [0.2, 0.25) is 0 Å². The molecular formula is C12H24N4O. The molecule has 5 nitrogen and oxygen atoms in total. The molecule has 0 heterocycles. The molecule has 0 unspecified atom stereocenters. The molecule has 0 radical (unpaired) electrons. The Bertz CT molecular complexity index is 261. The number of rotatable bonds is 7. The summed E-state index contributed by atoms with van der Waals surface area (Å²) in [5.74, 6) is 0.986. The molecule has 1 amide bonds. The second-order valence-corrected chi connectivity index (χ2v) is 4.47. The van der Waals surface area contributed by atoms with Crippen molar-refractivity contribution in [2.45, 2.75) is 39.0 Å². The van der Waals surface area contributed by atoms with E-state index in [-0.39, 0.29) is 11.8 Å². The minimum atomic E-state index is 0.212. The molecule has 1 aliphatic carbocycles. The van der Waals surface area contributed by atoms with Gasteiger partial charge in [-0.05, 0) is 25.7 Å². The molecule has 17 heavy (non-hydrogen) atoms. The Morgan fingerprint density at radius 3 is 2.65 bits per heavy atom. The molecule has 0 aromatic rings. The first-order valence-electron chi connectivity index (χ1n) is 6.55. The first-order valence-corrected chi connectivity index (χ1v) is 6.55. The van der Waals surface area contributed by atoms with E-state index in [0.717, 1.165) is 38.8 Å². The molecule has 4 N–H and O–H groups in total. The van der Waals surface area contributed by atoms with E-state index in [1.807, 2.05) is 0 Å². The summed E-state index contributed by atoms with van der Waals surface area (Å²) in [7, 11) is 0. The minimum Gasteiger partial charge on any atom is -0.370 e. The Morgan fingerprint density at radius 2 is 2.06 bits per heavy atom. The summed E-state index contributed by atoms with van der Waals surface area (Å²) in [6.45, 7) is 4.29. The third kappa shape index (κ3) is 5.56. The van der Waals surface area contributed by atoms with Crippen molar-refractivity contribution in [3.63, 3.8) is 0 Å². The minimum absolute atomic E-state index is 0.212. The van der Waals surface area contributed by atoms with E-state index < -0.39 is 0 Å². The molecule has 0 saturated heterocycles. The average molecular weight is 240 g/mol. The lowest BCUT2D eigenvalue weighted by molar-refractivity contribution is -0.127. The van der Waals surface area contributed by atoms with Gasteiger partial charge in [0.05, 0.1) is 0 Å². The molecule has 1 aliphatic rings. The van der Waals surface area contributed by atoms with Crippen molar-refractivity contribution >= 4 is 11.9 Å². The Morgan fingerprint density at radius 1 is 1.35 bits per heavy atom. The highest BCUT2D eigenvalue weighted by Gasteiger charge is 2.24. The van der Waals surface area contributed by atoms with Gasteiger partial charge in [0.1, 0.15) is 0 Å². The second kappa shape index (κ2) is 7.92. The number of guanidine groups is 1. The van der Waals surface area contributed by atoms with Gasteiger partial charge in [0.2, 0.25) is 5.91 Å². The van der Waals surface area contributed by atoms with Crippen molar-refractivity contribution in [1.29, 1.82) is 0 Å². The maximum atomic E-state index is 11.5. The number of hydrogen-bond acceptors (Lipinski definition) is 2. The smallest absolute Gasteiger partial charge is 0.223 e. The maximum Gasteiger partial charge on any atom is 0.223 e. The van der Waals surface area contributed by atoms with Gasteiger partial charge in [-0.25, -0.2) is 0 Å². The van der Waals surface area contributed by atoms with Gasteiger partial charge in [0.25, 0.3) is 0 Å². The third-order valence-corrected chi connectivity index (χ3v) is 2.94. The van der Waals surface area contributed by atoms with Crippen LogP contribution in [0.15, 0.2) is 4.99 Å². The zero-order valence-electron chi connectivity index (χ0n) is 10.7. The lowest BCUT2D eigenvalue weighted by Crippen LogP contribution is -2.37. The fraction of sp³-hybridized carbons (Fsp3) is 0.833. The molecule has 1 saturated carbocycles. The summed E-state index contributed by atoms with van der Waals surface area (Å²) in [5, 5.41) is 5.97. The van der Waals surface area contributed by atoms with Crippen LogP contribution < -0.4 is 16.4 Å². The van der Waals surface area contributed by atoms with Gasteiger partial charge < -0.3 is 16.4 Å². The predicted octanol–water partition coefficient (Wildman–Crippen LogP) is 0.607. The zero-order valence-corrected chi connectivity index (χ0v) is 10.7. The second-order valence-electron chi connectivity index (χ2n) is 4.47. The van der Waals surface area contributed by atoms with E-state index in [4.69, 9.17) is 5.73 Å².